The molecule has 0 heterocycles. The summed E-state index contributed by atoms with van der Waals surface area (Å²) < 4.78 is 4.67. The fraction of sp³-hybridized carbons (Fsp3) is 0.381. The summed E-state index contributed by atoms with van der Waals surface area (Å²) in [5.41, 5.74) is 4.85. The topological polar surface area (TPSA) is 26.3 Å². The first-order valence-electron chi connectivity index (χ1n) is 8.42. The Labute approximate surface area is 141 Å². The Morgan fingerprint density at radius 1 is 0.957 bits per heavy atom. The third-order valence-electron chi connectivity index (χ3n) is 3.23. The molecule has 2 aromatic rings. The van der Waals surface area contributed by atoms with Gasteiger partial charge in [0.25, 0.3) is 0 Å². The van der Waals surface area contributed by atoms with Crippen molar-refractivity contribution >= 4 is 5.97 Å². The highest BCUT2D eigenvalue weighted by molar-refractivity contribution is 5.70. The average molecular weight is 314 g/mol. The maximum Gasteiger partial charge on any atom is 0.305 e. The highest BCUT2D eigenvalue weighted by Gasteiger charge is 2.04. The van der Waals surface area contributed by atoms with E-state index < -0.39 is 0 Å². The van der Waals surface area contributed by atoms with Gasteiger partial charge in [-0.05, 0) is 35.6 Å². The van der Waals surface area contributed by atoms with E-state index in [1.165, 1.54) is 23.8 Å². The molecule has 0 aliphatic carbocycles. The van der Waals surface area contributed by atoms with E-state index in [-0.39, 0.29) is 5.97 Å². The van der Waals surface area contributed by atoms with Crippen LogP contribution in [0.4, 0.5) is 0 Å². The van der Waals surface area contributed by atoms with E-state index in [1.807, 2.05) is 52.0 Å². The number of rotatable bonds is 4. The zero-order valence-electron chi connectivity index (χ0n) is 15.3. The normalized spacial score (nSPS) is 8.96. The van der Waals surface area contributed by atoms with Crippen LogP contribution in [-0.4, -0.2) is 13.1 Å². The Bertz CT molecular complexity index is 574. The molecule has 0 spiro atoms. The fourth-order valence-corrected chi connectivity index (χ4v) is 2.14. The van der Waals surface area contributed by atoms with E-state index in [4.69, 9.17) is 0 Å². The van der Waals surface area contributed by atoms with E-state index in [2.05, 4.69) is 35.9 Å². The SMILES string of the molecule is CC.CC.COC(=O)CCc1cccc(-c2ccccc2C)c1. The molecular weight excluding hydrogens is 284 g/mol. The lowest BCUT2D eigenvalue weighted by Gasteiger charge is -2.08. The number of carbonyl (C=O) groups is 1. The minimum absolute atomic E-state index is 0.165. The molecule has 0 unspecified atom stereocenters. The van der Waals surface area contributed by atoms with E-state index in [0.717, 1.165) is 5.56 Å². The quantitative estimate of drug-likeness (QED) is 0.665. The number of aryl methyl sites for hydroxylation is 2. The fourth-order valence-electron chi connectivity index (χ4n) is 2.14. The smallest absolute Gasteiger partial charge is 0.305 e. The molecule has 0 bridgehead atoms. The molecule has 2 aromatic carbocycles. The van der Waals surface area contributed by atoms with Crippen LogP contribution in [0.15, 0.2) is 48.5 Å². The maximum atomic E-state index is 11.2. The second-order valence-corrected chi connectivity index (χ2v) is 4.59. The molecule has 2 rings (SSSR count). The van der Waals surface area contributed by atoms with Gasteiger partial charge in [0.1, 0.15) is 0 Å². The van der Waals surface area contributed by atoms with E-state index in [9.17, 15) is 4.79 Å². The van der Waals surface area contributed by atoms with Crippen molar-refractivity contribution in [1.82, 2.24) is 0 Å². The van der Waals surface area contributed by atoms with Gasteiger partial charge >= 0.3 is 5.97 Å². The number of methoxy groups -OCH3 is 1. The standard InChI is InChI=1S/C17H18O2.2C2H6/c1-13-6-3-4-9-16(13)15-8-5-7-14(12-15)10-11-17(18)19-2;2*1-2/h3-9,12H,10-11H2,1-2H3;2*1-2H3. The number of hydrogen-bond donors (Lipinski definition) is 0. The van der Waals surface area contributed by atoms with Gasteiger partial charge in [0.05, 0.1) is 7.11 Å². The van der Waals surface area contributed by atoms with Crippen molar-refractivity contribution in [1.29, 1.82) is 0 Å². The first-order chi connectivity index (χ1) is 11.2. The van der Waals surface area contributed by atoms with Crippen molar-refractivity contribution in [2.24, 2.45) is 0 Å². The molecule has 23 heavy (non-hydrogen) atoms. The van der Waals surface area contributed by atoms with Crippen LogP contribution in [0, 0.1) is 6.92 Å². The number of hydrogen-bond acceptors (Lipinski definition) is 2. The van der Waals surface area contributed by atoms with E-state index in [1.54, 1.807) is 0 Å². The third kappa shape index (κ3) is 7.14. The Hall–Kier alpha value is -2.09. The average Bonchev–Trinajstić information content (AvgIpc) is 2.63. The van der Waals surface area contributed by atoms with Crippen LogP contribution in [-0.2, 0) is 16.0 Å². The maximum absolute atomic E-state index is 11.2. The van der Waals surface area contributed by atoms with Gasteiger partial charge in [0.2, 0.25) is 0 Å². The van der Waals surface area contributed by atoms with Gasteiger partial charge in [-0.3, -0.25) is 4.79 Å². The highest BCUT2D eigenvalue weighted by atomic mass is 16.5. The molecule has 0 aliphatic rings. The molecule has 0 atom stereocenters. The van der Waals surface area contributed by atoms with Gasteiger partial charge in [0, 0.05) is 6.42 Å². The summed E-state index contributed by atoms with van der Waals surface area (Å²) in [7, 11) is 1.42. The minimum Gasteiger partial charge on any atom is -0.469 e. The van der Waals surface area contributed by atoms with Crippen molar-refractivity contribution in [3.05, 3.63) is 59.7 Å². The molecule has 0 aliphatic heterocycles. The Kier molecular flexibility index (Phi) is 11.3. The summed E-state index contributed by atoms with van der Waals surface area (Å²) in [6.07, 6.45) is 1.14. The molecule has 0 radical (unpaired) electrons. The Morgan fingerprint density at radius 2 is 1.61 bits per heavy atom. The number of benzene rings is 2. The number of esters is 1. The second-order valence-electron chi connectivity index (χ2n) is 4.59. The van der Waals surface area contributed by atoms with Gasteiger partial charge in [-0.15, -0.1) is 0 Å². The molecule has 0 amide bonds. The summed E-state index contributed by atoms with van der Waals surface area (Å²) in [4.78, 5) is 11.2. The molecule has 2 heteroatoms. The molecule has 0 fully saturated rings. The van der Waals surface area contributed by atoms with Crippen molar-refractivity contribution in [3.8, 4) is 11.1 Å². The van der Waals surface area contributed by atoms with Crippen LogP contribution in [0.3, 0.4) is 0 Å². The second kappa shape index (κ2) is 12.5. The Balaban J connectivity index is 0.00000112. The molecule has 2 nitrogen and oxygen atoms in total. The molecule has 126 valence electrons. The molecular formula is C21H30O2. The summed E-state index contributed by atoms with van der Waals surface area (Å²) in [5, 5.41) is 0. The van der Waals surface area contributed by atoms with Gasteiger partial charge in [-0.25, -0.2) is 0 Å². The van der Waals surface area contributed by atoms with Crippen LogP contribution >= 0.6 is 0 Å². The Morgan fingerprint density at radius 3 is 2.22 bits per heavy atom. The molecule has 0 saturated carbocycles. The number of ether oxygens (including phenoxy) is 1. The van der Waals surface area contributed by atoms with Crippen molar-refractivity contribution in [3.63, 3.8) is 0 Å². The molecule has 0 N–H and O–H groups in total. The molecule has 0 saturated heterocycles. The predicted molar refractivity (Wildman–Crippen MR) is 99.6 cm³/mol. The van der Waals surface area contributed by atoms with Crippen molar-refractivity contribution in [2.45, 2.75) is 47.5 Å². The summed E-state index contributed by atoms with van der Waals surface area (Å²) in [6.45, 7) is 10.1. The van der Waals surface area contributed by atoms with Gasteiger partial charge in [0.15, 0.2) is 0 Å². The lowest BCUT2D eigenvalue weighted by atomic mass is 9.98. The number of carbonyl (C=O) groups excluding carboxylic acids is 1. The van der Waals surface area contributed by atoms with Gasteiger partial charge in [-0.1, -0.05) is 76.2 Å². The first-order valence-corrected chi connectivity index (χ1v) is 8.42. The first kappa shape index (κ1) is 20.9. The lowest BCUT2D eigenvalue weighted by Crippen LogP contribution is -2.01. The predicted octanol–water partition coefficient (Wildman–Crippen LogP) is 5.82. The van der Waals surface area contributed by atoms with Gasteiger partial charge < -0.3 is 4.74 Å². The van der Waals surface area contributed by atoms with Crippen LogP contribution < -0.4 is 0 Å². The van der Waals surface area contributed by atoms with E-state index in [0.29, 0.717) is 12.8 Å². The monoisotopic (exact) mass is 314 g/mol. The summed E-state index contributed by atoms with van der Waals surface area (Å²) in [6, 6.07) is 16.6. The lowest BCUT2D eigenvalue weighted by molar-refractivity contribution is -0.140. The zero-order valence-corrected chi connectivity index (χ0v) is 15.3. The highest BCUT2D eigenvalue weighted by Crippen LogP contribution is 2.24. The largest absolute Gasteiger partial charge is 0.469 e. The summed E-state index contributed by atoms with van der Waals surface area (Å²) in [5.74, 6) is -0.165. The summed E-state index contributed by atoms with van der Waals surface area (Å²) >= 11 is 0. The van der Waals surface area contributed by atoms with Crippen molar-refractivity contribution < 1.29 is 9.53 Å². The zero-order chi connectivity index (χ0) is 17.7. The van der Waals surface area contributed by atoms with Crippen LogP contribution in [0.2, 0.25) is 0 Å². The van der Waals surface area contributed by atoms with Crippen LogP contribution in [0.1, 0.15) is 45.2 Å². The van der Waals surface area contributed by atoms with Crippen LogP contribution in [0.5, 0.6) is 0 Å². The third-order valence-corrected chi connectivity index (χ3v) is 3.23. The van der Waals surface area contributed by atoms with Gasteiger partial charge in [-0.2, -0.15) is 0 Å². The van der Waals surface area contributed by atoms with Crippen molar-refractivity contribution in [2.75, 3.05) is 7.11 Å². The van der Waals surface area contributed by atoms with Crippen LogP contribution in [0.25, 0.3) is 11.1 Å². The van der Waals surface area contributed by atoms with E-state index >= 15 is 0 Å². The minimum atomic E-state index is -0.165. The molecule has 0 aromatic heterocycles.